The van der Waals surface area contributed by atoms with Crippen molar-refractivity contribution in [2.75, 3.05) is 13.7 Å². The Morgan fingerprint density at radius 2 is 2.17 bits per heavy atom. The molecule has 4 rings (SSSR count). The van der Waals surface area contributed by atoms with E-state index in [4.69, 9.17) is 9.47 Å². The maximum atomic E-state index is 12.8. The largest absolute Gasteiger partial charge is 0.496 e. The van der Waals surface area contributed by atoms with Gasteiger partial charge in [0, 0.05) is 25.5 Å². The smallest absolute Gasteiger partial charge is 0.322 e. The van der Waals surface area contributed by atoms with Crippen LogP contribution in [0.4, 0.5) is 4.79 Å². The van der Waals surface area contributed by atoms with Gasteiger partial charge in [-0.25, -0.2) is 9.78 Å². The normalized spacial score (nSPS) is 20.8. The van der Waals surface area contributed by atoms with E-state index in [2.05, 4.69) is 20.9 Å². The average molecular weight is 399 g/mol. The molecule has 1 saturated heterocycles. The highest BCUT2D eigenvalue weighted by molar-refractivity contribution is 6.07. The molecule has 1 atom stereocenters. The number of methoxy groups -OCH3 is 1. The molecule has 2 aromatic rings. The molecule has 10 nitrogen and oxygen atoms in total. The zero-order valence-corrected chi connectivity index (χ0v) is 16.0. The number of nitrogens with one attached hydrogen (secondary N) is 3. The first-order chi connectivity index (χ1) is 13.9. The van der Waals surface area contributed by atoms with Crippen molar-refractivity contribution in [3.8, 4) is 11.5 Å². The second-order valence-corrected chi connectivity index (χ2v) is 7.04. The van der Waals surface area contributed by atoms with Crippen molar-refractivity contribution in [3.63, 3.8) is 0 Å². The van der Waals surface area contributed by atoms with Gasteiger partial charge in [-0.3, -0.25) is 14.9 Å². The highest BCUT2D eigenvalue weighted by Crippen LogP contribution is 2.31. The zero-order chi connectivity index (χ0) is 20.6. The SMILES string of the molecule is COc1cc(OC2CC2)ccc1C(=O)NCC1(c2nccn2C)NC(=O)NC1=O. The summed E-state index contributed by atoms with van der Waals surface area (Å²) in [7, 11) is 3.16. The Hall–Kier alpha value is -3.56. The van der Waals surface area contributed by atoms with Gasteiger partial charge in [-0.05, 0) is 25.0 Å². The van der Waals surface area contributed by atoms with E-state index in [9.17, 15) is 14.4 Å². The molecule has 1 aromatic heterocycles. The fraction of sp³-hybridized carbons (Fsp3) is 0.368. The van der Waals surface area contributed by atoms with Gasteiger partial charge in [-0.1, -0.05) is 0 Å². The molecule has 4 amide bonds. The summed E-state index contributed by atoms with van der Waals surface area (Å²) in [5, 5.41) is 7.50. The zero-order valence-electron chi connectivity index (χ0n) is 16.0. The van der Waals surface area contributed by atoms with E-state index in [1.807, 2.05) is 0 Å². The van der Waals surface area contributed by atoms with E-state index in [0.717, 1.165) is 12.8 Å². The lowest BCUT2D eigenvalue weighted by Gasteiger charge is -2.25. The molecule has 1 aliphatic heterocycles. The molecule has 0 spiro atoms. The van der Waals surface area contributed by atoms with Crippen molar-refractivity contribution in [3.05, 3.63) is 42.0 Å². The lowest BCUT2D eigenvalue weighted by molar-refractivity contribution is -0.124. The van der Waals surface area contributed by atoms with Gasteiger partial charge >= 0.3 is 6.03 Å². The Balaban J connectivity index is 1.55. The van der Waals surface area contributed by atoms with Gasteiger partial charge in [0.05, 0.1) is 25.3 Å². The number of aromatic nitrogens is 2. The Morgan fingerprint density at radius 3 is 2.76 bits per heavy atom. The van der Waals surface area contributed by atoms with Crippen molar-refractivity contribution >= 4 is 17.8 Å². The van der Waals surface area contributed by atoms with Gasteiger partial charge in [0.1, 0.15) is 17.3 Å². The maximum absolute atomic E-state index is 12.8. The van der Waals surface area contributed by atoms with Crippen LogP contribution in [-0.4, -0.2) is 47.2 Å². The summed E-state index contributed by atoms with van der Waals surface area (Å²) in [6.45, 7) is -0.183. The molecule has 10 heteroatoms. The van der Waals surface area contributed by atoms with Gasteiger partial charge < -0.3 is 24.7 Å². The molecule has 29 heavy (non-hydrogen) atoms. The number of rotatable bonds is 7. The summed E-state index contributed by atoms with van der Waals surface area (Å²) in [6, 6.07) is 4.32. The highest BCUT2D eigenvalue weighted by atomic mass is 16.5. The quantitative estimate of drug-likeness (QED) is 0.581. The number of hydrogen-bond donors (Lipinski definition) is 3. The van der Waals surface area contributed by atoms with Crippen LogP contribution in [0.1, 0.15) is 29.0 Å². The van der Waals surface area contributed by atoms with Crippen LogP contribution < -0.4 is 25.4 Å². The van der Waals surface area contributed by atoms with Crippen LogP contribution in [0.25, 0.3) is 0 Å². The number of aryl methyl sites for hydroxylation is 1. The number of carbonyl (C=O) groups excluding carboxylic acids is 3. The third kappa shape index (κ3) is 3.48. The molecule has 0 bridgehead atoms. The summed E-state index contributed by atoms with van der Waals surface area (Å²) in [6.07, 6.45) is 5.43. The van der Waals surface area contributed by atoms with Crippen LogP contribution in [0.2, 0.25) is 0 Å². The predicted molar refractivity (Wildman–Crippen MR) is 101 cm³/mol. The standard InChI is InChI=1S/C19H21N5O5/c1-24-8-7-20-16(24)19(17(26)22-18(27)23-19)10-21-15(25)13-6-5-12(9-14(13)28-2)29-11-3-4-11/h5-9,11H,3-4,10H2,1-2H3,(H,21,25)(H2,22,23,26,27). The third-order valence-electron chi connectivity index (χ3n) is 4.90. The van der Waals surface area contributed by atoms with E-state index in [1.165, 1.54) is 13.3 Å². The second kappa shape index (κ2) is 7.12. The Morgan fingerprint density at radius 1 is 1.38 bits per heavy atom. The van der Waals surface area contributed by atoms with Gasteiger partial charge in [-0.15, -0.1) is 0 Å². The molecule has 2 fully saturated rings. The van der Waals surface area contributed by atoms with Crippen molar-refractivity contribution in [1.29, 1.82) is 0 Å². The minimum atomic E-state index is -1.51. The first-order valence-electron chi connectivity index (χ1n) is 9.17. The molecule has 2 aliphatic rings. The van der Waals surface area contributed by atoms with Crippen LogP contribution >= 0.6 is 0 Å². The second-order valence-electron chi connectivity index (χ2n) is 7.04. The lowest BCUT2D eigenvalue weighted by Crippen LogP contribution is -2.54. The first-order valence-corrected chi connectivity index (χ1v) is 9.17. The van der Waals surface area contributed by atoms with Crippen molar-refractivity contribution in [1.82, 2.24) is 25.5 Å². The monoisotopic (exact) mass is 399 g/mol. The van der Waals surface area contributed by atoms with Gasteiger partial charge in [0.25, 0.3) is 11.8 Å². The number of imidazole rings is 1. The summed E-state index contributed by atoms with van der Waals surface area (Å²) in [5.41, 5.74) is -1.22. The van der Waals surface area contributed by atoms with Crippen LogP contribution in [0.5, 0.6) is 11.5 Å². The molecule has 1 unspecified atom stereocenters. The van der Waals surface area contributed by atoms with E-state index in [0.29, 0.717) is 17.3 Å². The van der Waals surface area contributed by atoms with E-state index in [1.54, 1.807) is 36.0 Å². The average Bonchev–Trinajstić information content (AvgIpc) is 3.33. The minimum absolute atomic E-state index is 0.183. The van der Waals surface area contributed by atoms with Crippen molar-refractivity contribution in [2.24, 2.45) is 7.05 Å². The number of urea groups is 1. The number of hydrogen-bond acceptors (Lipinski definition) is 6. The van der Waals surface area contributed by atoms with Crippen molar-refractivity contribution < 1.29 is 23.9 Å². The van der Waals surface area contributed by atoms with Crippen molar-refractivity contribution in [2.45, 2.75) is 24.5 Å². The van der Waals surface area contributed by atoms with Gasteiger partial charge in [0.15, 0.2) is 5.54 Å². The molecule has 3 N–H and O–H groups in total. The molecular weight excluding hydrogens is 378 g/mol. The summed E-state index contributed by atoms with van der Waals surface area (Å²) < 4.78 is 12.7. The minimum Gasteiger partial charge on any atom is -0.496 e. The fourth-order valence-electron chi connectivity index (χ4n) is 3.25. The Bertz CT molecular complexity index is 983. The molecule has 0 radical (unpaired) electrons. The number of imide groups is 1. The molecule has 1 aliphatic carbocycles. The predicted octanol–water partition coefficient (Wildman–Crippen LogP) is 0.435. The number of ether oxygens (including phenoxy) is 2. The van der Waals surface area contributed by atoms with Gasteiger partial charge in [0.2, 0.25) is 0 Å². The number of nitrogens with zero attached hydrogens (tertiary/aromatic N) is 2. The molecular formula is C19H21N5O5. The van der Waals surface area contributed by atoms with E-state index >= 15 is 0 Å². The Kier molecular flexibility index (Phi) is 4.61. The van der Waals surface area contributed by atoms with Crippen LogP contribution in [0, 0.1) is 0 Å². The number of carbonyl (C=O) groups is 3. The number of amides is 4. The fourth-order valence-corrected chi connectivity index (χ4v) is 3.25. The van der Waals surface area contributed by atoms with Crippen LogP contribution in [-0.2, 0) is 17.4 Å². The Labute approximate surface area is 166 Å². The molecule has 152 valence electrons. The van der Waals surface area contributed by atoms with Gasteiger partial charge in [-0.2, -0.15) is 0 Å². The summed E-state index contributed by atoms with van der Waals surface area (Å²) in [5.74, 6) is 0.250. The molecule has 1 saturated carbocycles. The van der Waals surface area contributed by atoms with Crippen LogP contribution in [0.15, 0.2) is 30.6 Å². The topological polar surface area (TPSA) is 124 Å². The first kappa shape index (κ1) is 18.8. The maximum Gasteiger partial charge on any atom is 0.322 e. The highest BCUT2D eigenvalue weighted by Gasteiger charge is 2.50. The summed E-state index contributed by atoms with van der Waals surface area (Å²) in [4.78, 5) is 41.3. The molecule has 1 aromatic carbocycles. The molecule has 2 heterocycles. The summed E-state index contributed by atoms with van der Waals surface area (Å²) >= 11 is 0. The van der Waals surface area contributed by atoms with Crippen LogP contribution in [0.3, 0.4) is 0 Å². The lowest BCUT2D eigenvalue weighted by atomic mass is 9.98. The number of benzene rings is 1. The van der Waals surface area contributed by atoms with E-state index in [-0.39, 0.29) is 18.2 Å². The third-order valence-corrected chi connectivity index (χ3v) is 4.90. The van der Waals surface area contributed by atoms with E-state index < -0.39 is 23.4 Å².